The Balaban J connectivity index is 1.68. The van der Waals surface area contributed by atoms with Gasteiger partial charge >= 0.3 is 23.9 Å². The normalized spacial score (nSPS) is 13.0. The van der Waals surface area contributed by atoms with Crippen LogP contribution in [0, 0.1) is 0 Å². The Hall–Kier alpha value is -6.02. The van der Waals surface area contributed by atoms with Crippen molar-refractivity contribution in [2.24, 2.45) is 0 Å². The average Bonchev–Trinajstić information content (AvgIpc) is 3.32. The zero-order valence-electron chi connectivity index (χ0n) is 36.8. The van der Waals surface area contributed by atoms with E-state index in [1.165, 1.54) is 12.1 Å². The summed E-state index contributed by atoms with van der Waals surface area (Å²) in [6, 6.07) is 40.3. The van der Waals surface area contributed by atoms with Crippen LogP contribution < -0.4 is 0 Å². The first kappa shape index (κ1) is 47.0. The Bertz CT molecular complexity index is 1830. The number of ether oxygens (including phenoxy) is 4. The van der Waals surface area contributed by atoms with Crippen molar-refractivity contribution in [3.05, 3.63) is 178 Å². The zero-order chi connectivity index (χ0) is 44.1. The van der Waals surface area contributed by atoms with E-state index in [1.54, 1.807) is 0 Å². The molecule has 8 heteroatoms. The maximum atomic E-state index is 14.7. The highest BCUT2D eigenvalue weighted by molar-refractivity contribution is 6.10. The summed E-state index contributed by atoms with van der Waals surface area (Å²) in [5, 5.41) is 0. The number of esters is 4. The summed E-state index contributed by atoms with van der Waals surface area (Å²) in [5.74, 6) is -3.35. The van der Waals surface area contributed by atoms with Crippen LogP contribution in [0.4, 0.5) is 0 Å². The van der Waals surface area contributed by atoms with E-state index in [4.69, 9.17) is 18.9 Å². The van der Waals surface area contributed by atoms with Gasteiger partial charge in [0.15, 0.2) is 0 Å². The minimum Gasteiger partial charge on any atom is -0.454 e. The lowest BCUT2D eigenvalue weighted by Gasteiger charge is -2.23. The molecule has 0 amide bonds. The predicted octanol–water partition coefficient (Wildman–Crippen LogP) is 14.0. The Morgan fingerprint density at radius 2 is 0.532 bits per heavy atom. The lowest BCUT2D eigenvalue weighted by Crippen LogP contribution is -2.23. The van der Waals surface area contributed by atoms with Gasteiger partial charge < -0.3 is 18.9 Å². The number of hydrogen-bond acceptors (Lipinski definition) is 8. The van der Waals surface area contributed by atoms with E-state index in [1.807, 2.05) is 121 Å². The van der Waals surface area contributed by atoms with Crippen LogP contribution in [0.2, 0.25) is 0 Å². The first-order chi connectivity index (χ1) is 30.3. The smallest absolute Gasteiger partial charge is 0.339 e. The summed E-state index contributed by atoms with van der Waals surface area (Å²) in [6.45, 7) is 8.23. The molecule has 0 aromatic heterocycles. The molecule has 0 radical (unpaired) electrons. The van der Waals surface area contributed by atoms with Crippen molar-refractivity contribution in [2.75, 3.05) is 0 Å². The Kier molecular flexibility index (Phi) is 19.0. The highest BCUT2D eigenvalue weighted by Gasteiger charge is 2.33. The minimum absolute atomic E-state index is 0.214. The molecule has 8 nitrogen and oxygen atoms in total. The van der Waals surface area contributed by atoms with Gasteiger partial charge in [-0.2, -0.15) is 0 Å². The third-order valence-electron chi connectivity index (χ3n) is 11.0. The van der Waals surface area contributed by atoms with Crippen LogP contribution in [0.5, 0.6) is 0 Å². The van der Waals surface area contributed by atoms with Crippen molar-refractivity contribution in [3.8, 4) is 0 Å². The van der Waals surface area contributed by atoms with Crippen molar-refractivity contribution in [1.29, 1.82) is 0 Å². The summed E-state index contributed by atoms with van der Waals surface area (Å²) >= 11 is 0. The van der Waals surface area contributed by atoms with Gasteiger partial charge in [-0.15, -0.1) is 0 Å². The number of carbonyl (C=O) groups excluding carboxylic acids is 4. The third-order valence-corrected chi connectivity index (χ3v) is 11.0. The predicted molar refractivity (Wildman–Crippen MR) is 243 cm³/mol. The molecule has 326 valence electrons. The monoisotopic (exact) mass is 838 g/mol. The molecule has 5 aromatic rings. The summed E-state index contributed by atoms with van der Waals surface area (Å²) in [5.41, 5.74) is 2.32. The van der Waals surface area contributed by atoms with Crippen molar-refractivity contribution >= 4 is 23.9 Å². The Morgan fingerprint density at radius 3 is 0.710 bits per heavy atom. The SMILES string of the molecule is CCCCC(OC(=O)c1cc(C(=O)OC(CCCC)c2ccccc2)c(C(=O)OC(CCCC)c2ccccc2)cc1C(=O)OC(CCCC)c1ccccc1)c1ccccc1. The molecular formula is C54H62O8. The van der Waals surface area contributed by atoms with Gasteiger partial charge in [-0.1, -0.05) is 175 Å². The fourth-order valence-electron chi connectivity index (χ4n) is 7.45. The van der Waals surface area contributed by atoms with E-state index >= 15 is 0 Å². The number of benzene rings is 5. The van der Waals surface area contributed by atoms with Gasteiger partial charge in [-0.05, 0) is 85.8 Å². The summed E-state index contributed by atoms with van der Waals surface area (Å²) in [6.07, 6.45) is 6.15. The standard InChI is InChI=1S/C54H62O8/c1-5-9-33-47(39-25-17-13-18-26-39)59-51(55)43-37-45(53(57)61-49(35-11-7-3)41-29-21-15-22-30-41)46(54(58)62-50(36-12-8-4)42-31-23-16-24-32-42)38-44(43)52(56)60-48(34-10-6-2)40-27-19-14-20-28-40/h13-32,37-38,47-50H,5-12,33-36H2,1-4H3. The van der Waals surface area contributed by atoms with Crippen LogP contribution in [-0.4, -0.2) is 23.9 Å². The molecule has 0 fully saturated rings. The van der Waals surface area contributed by atoms with Crippen LogP contribution in [-0.2, 0) is 18.9 Å². The van der Waals surface area contributed by atoms with Crippen molar-refractivity contribution in [2.45, 2.75) is 129 Å². The second-order valence-electron chi connectivity index (χ2n) is 15.7. The molecule has 4 unspecified atom stereocenters. The second kappa shape index (κ2) is 25.0. The largest absolute Gasteiger partial charge is 0.454 e. The molecule has 5 aromatic carbocycles. The van der Waals surface area contributed by atoms with Crippen LogP contribution in [0.25, 0.3) is 0 Å². The first-order valence-electron chi connectivity index (χ1n) is 22.5. The molecule has 0 aliphatic rings. The quantitative estimate of drug-likeness (QED) is 0.0447. The van der Waals surface area contributed by atoms with Crippen molar-refractivity contribution in [1.82, 2.24) is 0 Å². The van der Waals surface area contributed by atoms with E-state index < -0.39 is 48.3 Å². The molecule has 0 saturated heterocycles. The Labute approximate surface area is 368 Å². The van der Waals surface area contributed by atoms with Gasteiger partial charge in [0.2, 0.25) is 0 Å². The van der Waals surface area contributed by atoms with Gasteiger partial charge in [-0.3, -0.25) is 0 Å². The van der Waals surface area contributed by atoms with Crippen LogP contribution >= 0.6 is 0 Å². The summed E-state index contributed by atoms with van der Waals surface area (Å²) < 4.78 is 25.0. The second-order valence-corrected chi connectivity index (χ2v) is 15.7. The Morgan fingerprint density at radius 1 is 0.339 bits per heavy atom. The van der Waals surface area contributed by atoms with E-state index in [0.29, 0.717) is 25.7 Å². The van der Waals surface area contributed by atoms with Crippen LogP contribution in [0.15, 0.2) is 133 Å². The molecule has 0 aliphatic carbocycles. The van der Waals surface area contributed by atoms with E-state index in [0.717, 1.165) is 73.6 Å². The molecular weight excluding hydrogens is 777 g/mol. The molecule has 0 heterocycles. The minimum atomic E-state index is -0.837. The van der Waals surface area contributed by atoms with Crippen LogP contribution in [0.1, 0.15) is 193 Å². The zero-order valence-corrected chi connectivity index (χ0v) is 36.8. The van der Waals surface area contributed by atoms with E-state index in [-0.39, 0.29) is 22.3 Å². The fraction of sp³-hybridized carbons (Fsp3) is 0.370. The van der Waals surface area contributed by atoms with E-state index in [9.17, 15) is 19.2 Å². The molecule has 0 spiro atoms. The van der Waals surface area contributed by atoms with Gasteiger partial charge in [-0.25, -0.2) is 19.2 Å². The molecule has 0 aliphatic heterocycles. The van der Waals surface area contributed by atoms with Crippen molar-refractivity contribution < 1.29 is 38.1 Å². The molecule has 0 N–H and O–H groups in total. The fourth-order valence-corrected chi connectivity index (χ4v) is 7.45. The topological polar surface area (TPSA) is 105 Å². The molecule has 5 rings (SSSR count). The number of unbranched alkanes of at least 4 members (excludes halogenated alkanes) is 4. The lowest BCUT2D eigenvalue weighted by molar-refractivity contribution is 0.0207. The van der Waals surface area contributed by atoms with Gasteiger partial charge in [0.05, 0.1) is 22.3 Å². The molecule has 62 heavy (non-hydrogen) atoms. The average molecular weight is 839 g/mol. The number of rotatable bonds is 24. The number of hydrogen-bond donors (Lipinski definition) is 0. The van der Waals surface area contributed by atoms with Gasteiger partial charge in [0, 0.05) is 0 Å². The maximum Gasteiger partial charge on any atom is 0.339 e. The summed E-state index contributed by atoms with van der Waals surface area (Å²) in [4.78, 5) is 58.7. The molecule has 0 saturated carbocycles. The van der Waals surface area contributed by atoms with Crippen LogP contribution in [0.3, 0.4) is 0 Å². The summed E-state index contributed by atoms with van der Waals surface area (Å²) in [7, 11) is 0. The number of carbonyl (C=O) groups is 4. The molecule has 4 atom stereocenters. The van der Waals surface area contributed by atoms with E-state index in [2.05, 4.69) is 27.7 Å². The lowest BCUT2D eigenvalue weighted by atomic mass is 9.96. The highest BCUT2D eigenvalue weighted by atomic mass is 16.6. The maximum absolute atomic E-state index is 14.7. The van der Waals surface area contributed by atoms with Gasteiger partial charge in [0.25, 0.3) is 0 Å². The van der Waals surface area contributed by atoms with Crippen molar-refractivity contribution in [3.63, 3.8) is 0 Å². The third kappa shape index (κ3) is 13.5. The first-order valence-corrected chi connectivity index (χ1v) is 22.5. The highest BCUT2D eigenvalue weighted by Crippen LogP contribution is 2.33. The van der Waals surface area contributed by atoms with Gasteiger partial charge in [0.1, 0.15) is 24.4 Å². The molecule has 0 bridgehead atoms.